The van der Waals surface area contributed by atoms with Crippen LogP contribution in [0.5, 0.6) is 0 Å². The van der Waals surface area contributed by atoms with Crippen LogP contribution in [0.2, 0.25) is 0 Å². The zero-order valence-electron chi connectivity index (χ0n) is 15.6. The fourth-order valence-corrected chi connectivity index (χ4v) is 2.86. The Morgan fingerprint density at radius 2 is 1.92 bits per heavy atom. The van der Waals surface area contributed by atoms with Gasteiger partial charge in [0.2, 0.25) is 0 Å². The maximum atomic E-state index is 12.3. The summed E-state index contributed by atoms with van der Waals surface area (Å²) in [6.45, 7) is 5.55. The van der Waals surface area contributed by atoms with Gasteiger partial charge in [-0.05, 0) is 60.9 Å². The SMILES string of the molecule is CCc1ccc(C(C)NC(=O)Nc2cccc(COCC3CC3)c2)cc1. The van der Waals surface area contributed by atoms with Crippen LogP contribution in [0.4, 0.5) is 10.5 Å². The minimum Gasteiger partial charge on any atom is -0.376 e. The standard InChI is InChI=1S/C22H28N2O2/c1-3-17-9-11-20(12-10-17)16(2)23-22(25)24-21-6-4-5-19(13-21)15-26-14-18-7-8-18/h4-6,9-13,16,18H,3,7-8,14-15H2,1-2H3,(H2,23,24,25). The van der Waals surface area contributed by atoms with Crippen molar-refractivity contribution in [1.29, 1.82) is 0 Å². The molecule has 4 nitrogen and oxygen atoms in total. The predicted octanol–water partition coefficient (Wildman–Crippen LogP) is 5.06. The first-order valence-electron chi connectivity index (χ1n) is 9.47. The molecule has 26 heavy (non-hydrogen) atoms. The topological polar surface area (TPSA) is 50.4 Å². The Kier molecular flexibility index (Phi) is 6.29. The molecule has 1 saturated carbocycles. The number of hydrogen-bond donors (Lipinski definition) is 2. The lowest BCUT2D eigenvalue weighted by molar-refractivity contribution is 0.111. The summed E-state index contributed by atoms with van der Waals surface area (Å²) in [7, 11) is 0. The van der Waals surface area contributed by atoms with Gasteiger partial charge in [0, 0.05) is 12.3 Å². The highest BCUT2D eigenvalue weighted by Gasteiger charge is 2.21. The summed E-state index contributed by atoms with van der Waals surface area (Å²) in [5.74, 6) is 0.759. The highest BCUT2D eigenvalue weighted by Crippen LogP contribution is 2.29. The maximum Gasteiger partial charge on any atom is 0.319 e. The Labute approximate surface area is 156 Å². The van der Waals surface area contributed by atoms with Crippen molar-refractivity contribution >= 4 is 11.7 Å². The lowest BCUT2D eigenvalue weighted by Crippen LogP contribution is -2.31. The second-order valence-electron chi connectivity index (χ2n) is 7.07. The highest BCUT2D eigenvalue weighted by molar-refractivity contribution is 5.89. The van der Waals surface area contributed by atoms with E-state index in [0.717, 1.165) is 35.8 Å². The lowest BCUT2D eigenvalue weighted by Gasteiger charge is -2.16. The lowest BCUT2D eigenvalue weighted by atomic mass is 10.1. The zero-order chi connectivity index (χ0) is 18.4. The second kappa shape index (κ2) is 8.86. The van der Waals surface area contributed by atoms with E-state index in [2.05, 4.69) is 41.8 Å². The van der Waals surface area contributed by atoms with Gasteiger partial charge in [0.25, 0.3) is 0 Å². The molecule has 2 aromatic rings. The molecule has 0 heterocycles. The van der Waals surface area contributed by atoms with Crippen LogP contribution in [0, 0.1) is 5.92 Å². The molecule has 0 saturated heterocycles. The minimum absolute atomic E-state index is 0.0500. The Balaban J connectivity index is 1.49. The molecule has 2 aromatic carbocycles. The van der Waals surface area contributed by atoms with Gasteiger partial charge in [0.1, 0.15) is 0 Å². The van der Waals surface area contributed by atoms with Crippen molar-refractivity contribution < 1.29 is 9.53 Å². The first-order valence-corrected chi connectivity index (χ1v) is 9.47. The van der Waals surface area contributed by atoms with Crippen molar-refractivity contribution in [1.82, 2.24) is 5.32 Å². The molecule has 138 valence electrons. The molecule has 2 amide bonds. The van der Waals surface area contributed by atoms with Gasteiger partial charge in [-0.1, -0.05) is 43.3 Å². The predicted molar refractivity (Wildman–Crippen MR) is 105 cm³/mol. The largest absolute Gasteiger partial charge is 0.376 e. The maximum absolute atomic E-state index is 12.3. The summed E-state index contributed by atoms with van der Waals surface area (Å²) in [5, 5.41) is 5.90. The Hall–Kier alpha value is -2.33. The van der Waals surface area contributed by atoms with E-state index < -0.39 is 0 Å². The third-order valence-corrected chi connectivity index (χ3v) is 4.74. The number of carbonyl (C=O) groups is 1. The van der Waals surface area contributed by atoms with Gasteiger partial charge in [-0.25, -0.2) is 4.79 Å². The summed E-state index contributed by atoms with van der Waals surface area (Å²) in [6.07, 6.45) is 3.60. The molecule has 1 atom stereocenters. The van der Waals surface area contributed by atoms with Gasteiger partial charge >= 0.3 is 6.03 Å². The molecule has 0 aromatic heterocycles. The fourth-order valence-electron chi connectivity index (χ4n) is 2.86. The van der Waals surface area contributed by atoms with Crippen LogP contribution < -0.4 is 10.6 Å². The van der Waals surface area contributed by atoms with E-state index in [1.54, 1.807) is 0 Å². The number of urea groups is 1. The second-order valence-corrected chi connectivity index (χ2v) is 7.07. The molecule has 1 fully saturated rings. The van der Waals surface area contributed by atoms with Crippen LogP contribution in [-0.2, 0) is 17.8 Å². The molecule has 0 radical (unpaired) electrons. The number of rotatable bonds is 8. The van der Waals surface area contributed by atoms with E-state index in [-0.39, 0.29) is 12.1 Å². The Bertz CT molecular complexity index is 723. The zero-order valence-corrected chi connectivity index (χ0v) is 15.6. The van der Waals surface area contributed by atoms with Gasteiger partial charge in [-0.2, -0.15) is 0 Å². The van der Waals surface area contributed by atoms with Crippen molar-refractivity contribution in [2.45, 2.75) is 45.8 Å². The van der Waals surface area contributed by atoms with Crippen molar-refractivity contribution in [3.05, 3.63) is 65.2 Å². The number of benzene rings is 2. The van der Waals surface area contributed by atoms with Gasteiger partial charge in [-0.15, -0.1) is 0 Å². The molecule has 0 bridgehead atoms. The van der Waals surface area contributed by atoms with Gasteiger partial charge < -0.3 is 15.4 Å². The monoisotopic (exact) mass is 352 g/mol. The number of hydrogen-bond acceptors (Lipinski definition) is 2. The first-order chi connectivity index (χ1) is 12.6. The summed E-state index contributed by atoms with van der Waals surface area (Å²) < 4.78 is 5.72. The van der Waals surface area contributed by atoms with Gasteiger partial charge in [0.15, 0.2) is 0 Å². The van der Waals surface area contributed by atoms with Crippen molar-refractivity contribution in [3.63, 3.8) is 0 Å². The van der Waals surface area contributed by atoms with Crippen molar-refractivity contribution in [2.24, 2.45) is 5.92 Å². The fraction of sp³-hybridized carbons (Fsp3) is 0.409. The number of anilines is 1. The van der Waals surface area contributed by atoms with E-state index in [4.69, 9.17) is 4.74 Å². The molecule has 4 heteroatoms. The molecular formula is C22H28N2O2. The smallest absolute Gasteiger partial charge is 0.319 e. The van der Waals surface area contributed by atoms with Crippen LogP contribution in [0.3, 0.4) is 0 Å². The third kappa shape index (κ3) is 5.60. The van der Waals surface area contributed by atoms with Gasteiger partial charge in [0.05, 0.1) is 12.6 Å². The first kappa shape index (κ1) is 18.5. The van der Waals surface area contributed by atoms with Gasteiger partial charge in [-0.3, -0.25) is 0 Å². The normalized spacial score (nSPS) is 14.7. The van der Waals surface area contributed by atoms with Crippen LogP contribution in [0.15, 0.2) is 48.5 Å². The number of ether oxygens (including phenoxy) is 1. The van der Waals surface area contributed by atoms with E-state index in [9.17, 15) is 4.79 Å². The molecule has 3 rings (SSSR count). The number of aryl methyl sites for hydroxylation is 1. The molecule has 1 aliphatic carbocycles. The van der Waals surface area contributed by atoms with E-state index in [1.807, 2.05) is 31.2 Å². The number of carbonyl (C=O) groups excluding carboxylic acids is 1. The van der Waals surface area contributed by atoms with Crippen LogP contribution in [0.1, 0.15) is 49.4 Å². The third-order valence-electron chi connectivity index (χ3n) is 4.74. The van der Waals surface area contributed by atoms with Crippen LogP contribution in [-0.4, -0.2) is 12.6 Å². The average molecular weight is 352 g/mol. The minimum atomic E-state index is -0.201. The Morgan fingerprint density at radius 1 is 1.15 bits per heavy atom. The molecule has 1 unspecified atom stereocenters. The molecule has 0 aliphatic heterocycles. The van der Waals surface area contributed by atoms with E-state index in [1.165, 1.54) is 18.4 Å². The number of nitrogens with one attached hydrogen (secondary N) is 2. The van der Waals surface area contributed by atoms with E-state index >= 15 is 0 Å². The molecular weight excluding hydrogens is 324 g/mol. The summed E-state index contributed by atoms with van der Waals surface area (Å²) in [4.78, 5) is 12.3. The summed E-state index contributed by atoms with van der Waals surface area (Å²) in [6, 6.07) is 15.9. The van der Waals surface area contributed by atoms with Crippen LogP contribution in [0.25, 0.3) is 0 Å². The molecule has 2 N–H and O–H groups in total. The van der Waals surface area contributed by atoms with E-state index in [0.29, 0.717) is 6.61 Å². The van der Waals surface area contributed by atoms with Crippen LogP contribution >= 0.6 is 0 Å². The highest BCUT2D eigenvalue weighted by atomic mass is 16.5. The van der Waals surface area contributed by atoms with Crippen molar-refractivity contribution in [2.75, 3.05) is 11.9 Å². The quantitative estimate of drug-likeness (QED) is 0.698. The molecule has 0 spiro atoms. The average Bonchev–Trinajstić information content (AvgIpc) is 3.46. The summed E-state index contributed by atoms with van der Waals surface area (Å²) in [5.41, 5.74) is 4.25. The summed E-state index contributed by atoms with van der Waals surface area (Å²) >= 11 is 0. The number of amides is 2. The molecule has 1 aliphatic rings. The Morgan fingerprint density at radius 3 is 2.62 bits per heavy atom. The van der Waals surface area contributed by atoms with Crippen molar-refractivity contribution in [3.8, 4) is 0 Å².